The highest BCUT2D eigenvalue weighted by Gasteiger charge is 2.25. The van der Waals surface area contributed by atoms with Crippen molar-refractivity contribution in [1.29, 1.82) is 0 Å². The molecule has 0 spiro atoms. The minimum atomic E-state index is 0.0907. The van der Waals surface area contributed by atoms with Gasteiger partial charge in [-0.15, -0.1) is 0 Å². The fraction of sp³-hybridized carbons (Fsp3) is 0.611. The van der Waals surface area contributed by atoms with Crippen molar-refractivity contribution in [2.75, 3.05) is 11.9 Å². The Balaban J connectivity index is 1.91. The molecule has 1 amide bonds. The first-order valence-corrected chi connectivity index (χ1v) is 8.20. The topological polar surface area (TPSA) is 41.1 Å². The van der Waals surface area contributed by atoms with Crippen LogP contribution in [0.1, 0.15) is 45.6 Å². The summed E-state index contributed by atoms with van der Waals surface area (Å²) in [7, 11) is 0. The summed E-state index contributed by atoms with van der Waals surface area (Å²) in [4.78, 5) is 11.6. The molecule has 0 heterocycles. The largest absolute Gasteiger partial charge is 0.382 e. The lowest BCUT2D eigenvalue weighted by atomic mass is 9.80. The monoisotopic (exact) mass is 288 g/mol. The Kier molecular flexibility index (Phi) is 5.66. The number of carbonyl (C=O) groups excluding carboxylic acids is 1. The molecular formula is C18H28N2O. The fourth-order valence-corrected chi connectivity index (χ4v) is 3.11. The third-order valence-electron chi connectivity index (χ3n) is 4.50. The number of hydrogen-bond donors (Lipinski definition) is 2. The van der Waals surface area contributed by atoms with Crippen molar-refractivity contribution in [2.45, 2.75) is 52.5 Å². The van der Waals surface area contributed by atoms with Gasteiger partial charge in [0.1, 0.15) is 0 Å². The predicted molar refractivity (Wildman–Crippen MR) is 88.4 cm³/mol. The molecule has 2 N–H and O–H groups in total. The van der Waals surface area contributed by atoms with Crippen LogP contribution in [0.2, 0.25) is 0 Å². The number of nitrogens with one attached hydrogen (secondary N) is 2. The summed E-state index contributed by atoms with van der Waals surface area (Å²) < 4.78 is 0. The molecule has 1 saturated carbocycles. The molecule has 1 aromatic rings. The number of amides is 1. The molecule has 3 unspecified atom stereocenters. The van der Waals surface area contributed by atoms with Crippen LogP contribution in [0.3, 0.4) is 0 Å². The number of likely N-dealkylation sites (N-methyl/N-ethyl adjacent to an activating group) is 1. The van der Waals surface area contributed by atoms with Gasteiger partial charge in [-0.2, -0.15) is 0 Å². The molecular weight excluding hydrogens is 260 g/mol. The minimum absolute atomic E-state index is 0.0907. The molecule has 0 radical (unpaired) electrons. The number of benzene rings is 1. The lowest BCUT2D eigenvalue weighted by Crippen LogP contribution is -2.33. The van der Waals surface area contributed by atoms with Crippen molar-refractivity contribution < 1.29 is 4.79 Å². The zero-order chi connectivity index (χ0) is 15.2. The zero-order valence-corrected chi connectivity index (χ0v) is 13.5. The van der Waals surface area contributed by atoms with Gasteiger partial charge in [-0.1, -0.05) is 32.4 Å². The van der Waals surface area contributed by atoms with Crippen molar-refractivity contribution in [3.63, 3.8) is 0 Å². The van der Waals surface area contributed by atoms with E-state index in [1.54, 1.807) is 0 Å². The lowest BCUT2D eigenvalue weighted by Gasteiger charge is -2.34. The maximum absolute atomic E-state index is 11.6. The third-order valence-corrected chi connectivity index (χ3v) is 4.50. The molecule has 21 heavy (non-hydrogen) atoms. The number of anilines is 1. The quantitative estimate of drug-likeness (QED) is 0.869. The van der Waals surface area contributed by atoms with Crippen LogP contribution in [-0.2, 0) is 11.2 Å². The summed E-state index contributed by atoms with van der Waals surface area (Å²) >= 11 is 0. The second-order valence-electron chi connectivity index (χ2n) is 6.47. The first kappa shape index (κ1) is 15.9. The second-order valence-corrected chi connectivity index (χ2v) is 6.47. The Bertz CT molecular complexity index is 455. The van der Waals surface area contributed by atoms with Gasteiger partial charge in [0.2, 0.25) is 5.91 Å². The minimum Gasteiger partial charge on any atom is -0.382 e. The standard InChI is InChI=1S/C18H28N2O/c1-4-19-18(21)12-15-7-9-16(10-8-15)20-17-11-13(2)5-6-14(17)3/h7-10,13-14,17,20H,4-6,11-12H2,1-3H3,(H,19,21). The Hall–Kier alpha value is -1.51. The number of hydrogen-bond acceptors (Lipinski definition) is 2. The van der Waals surface area contributed by atoms with Crippen LogP contribution in [-0.4, -0.2) is 18.5 Å². The Morgan fingerprint density at radius 2 is 1.90 bits per heavy atom. The van der Waals surface area contributed by atoms with E-state index < -0.39 is 0 Å². The van der Waals surface area contributed by atoms with Crippen LogP contribution in [0.25, 0.3) is 0 Å². The lowest BCUT2D eigenvalue weighted by molar-refractivity contribution is -0.120. The molecule has 1 aromatic carbocycles. The molecule has 3 heteroatoms. The van der Waals surface area contributed by atoms with Gasteiger partial charge in [-0.3, -0.25) is 4.79 Å². The molecule has 0 aliphatic heterocycles. The van der Waals surface area contributed by atoms with Crippen LogP contribution >= 0.6 is 0 Å². The first-order chi connectivity index (χ1) is 10.1. The molecule has 116 valence electrons. The molecule has 0 saturated heterocycles. The average Bonchev–Trinajstić information content (AvgIpc) is 2.45. The first-order valence-electron chi connectivity index (χ1n) is 8.20. The highest BCUT2D eigenvalue weighted by atomic mass is 16.1. The normalized spacial score (nSPS) is 25.4. The van der Waals surface area contributed by atoms with Gasteiger partial charge < -0.3 is 10.6 Å². The van der Waals surface area contributed by atoms with Gasteiger partial charge in [-0.05, 0) is 49.3 Å². The van der Waals surface area contributed by atoms with Crippen molar-refractivity contribution in [3.05, 3.63) is 29.8 Å². The summed E-state index contributed by atoms with van der Waals surface area (Å²) in [5.74, 6) is 1.64. The van der Waals surface area contributed by atoms with Gasteiger partial charge in [0.15, 0.2) is 0 Å². The van der Waals surface area contributed by atoms with E-state index in [1.807, 2.05) is 6.92 Å². The maximum atomic E-state index is 11.6. The van der Waals surface area contributed by atoms with E-state index in [0.717, 1.165) is 17.4 Å². The Morgan fingerprint density at radius 3 is 2.57 bits per heavy atom. The summed E-state index contributed by atoms with van der Waals surface area (Å²) in [5.41, 5.74) is 2.23. The number of rotatable bonds is 5. The molecule has 1 aliphatic rings. The van der Waals surface area contributed by atoms with Gasteiger partial charge >= 0.3 is 0 Å². The van der Waals surface area contributed by atoms with Gasteiger partial charge in [0.05, 0.1) is 6.42 Å². The van der Waals surface area contributed by atoms with E-state index in [1.165, 1.54) is 24.9 Å². The highest BCUT2D eigenvalue weighted by molar-refractivity contribution is 5.78. The van der Waals surface area contributed by atoms with E-state index in [0.29, 0.717) is 19.0 Å². The third kappa shape index (κ3) is 4.76. The van der Waals surface area contributed by atoms with Gasteiger partial charge in [-0.25, -0.2) is 0 Å². The maximum Gasteiger partial charge on any atom is 0.224 e. The molecule has 3 nitrogen and oxygen atoms in total. The fourth-order valence-electron chi connectivity index (χ4n) is 3.11. The van der Waals surface area contributed by atoms with Crippen LogP contribution in [0, 0.1) is 11.8 Å². The SMILES string of the molecule is CCNC(=O)Cc1ccc(NC2CC(C)CCC2C)cc1. The van der Waals surface area contributed by atoms with E-state index in [9.17, 15) is 4.79 Å². The summed E-state index contributed by atoms with van der Waals surface area (Å²) in [6.07, 6.45) is 4.38. The van der Waals surface area contributed by atoms with Crippen LogP contribution in [0.5, 0.6) is 0 Å². The van der Waals surface area contributed by atoms with Crippen molar-refractivity contribution in [3.8, 4) is 0 Å². The van der Waals surface area contributed by atoms with Crippen molar-refractivity contribution >= 4 is 11.6 Å². The van der Waals surface area contributed by atoms with Gasteiger partial charge in [0.25, 0.3) is 0 Å². The molecule has 0 bridgehead atoms. The Labute approximate surface area is 128 Å². The van der Waals surface area contributed by atoms with Crippen LogP contribution < -0.4 is 10.6 Å². The highest BCUT2D eigenvalue weighted by Crippen LogP contribution is 2.30. The van der Waals surface area contributed by atoms with Gasteiger partial charge in [0, 0.05) is 18.3 Å². The Morgan fingerprint density at radius 1 is 1.19 bits per heavy atom. The second kappa shape index (κ2) is 7.48. The molecule has 1 aliphatic carbocycles. The molecule has 2 rings (SSSR count). The summed E-state index contributed by atoms with van der Waals surface area (Å²) in [6.45, 7) is 7.32. The molecule has 0 aromatic heterocycles. The van der Waals surface area contributed by atoms with Crippen LogP contribution in [0.4, 0.5) is 5.69 Å². The zero-order valence-electron chi connectivity index (χ0n) is 13.5. The van der Waals surface area contributed by atoms with Crippen molar-refractivity contribution in [1.82, 2.24) is 5.32 Å². The van der Waals surface area contributed by atoms with E-state index >= 15 is 0 Å². The van der Waals surface area contributed by atoms with E-state index in [2.05, 4.69) is 48.7 Å². The summed E-state index contributed by atoms with van der Waals surface area (Å²) in [6, 6.07) is 8.87. The van der Waals surface area contributed by atoms with E-state index in [-0.39, 0.29) is 5.91 Å². The molecule has 3 atom stereocenters. The number of carbonyl (C=O) groups is 1. The van der Waals surface area contributed by atoms with Crippen LogP contribution in [0.15, 0.2) is 24.3 Å². The summed E-state index contributed by atoms with van der Waals surface area (Å²) in [5, 5.41) is 6.50. The molecule has 1 fully saturated rings. The smallest absolute Gasteiger partial charge is 0.224 e. The average molecular weight is 288 g/mol. The predicted octanol–water partition coefficient (Wildman–Crippen LogP) is 3.60. The van der Waals surface area contributed by atoms with E-state index in [4.69, 9.17) is 0 Å². The van der Waals surface area contributed by atoms with Crippen molar-refractivity contribution in [2.24, 2.45) is 11.8 Å².